The number of sulfonamides is 1. The fraction of sp³-hybridized carbons (Fsp3) is 0.0526. The Morgan fingerprint density at radius 1 is 1.10 bits per heavy atom. The van der Waals surface area contributed by atoms with E-state index in [4.69, 9.17) is 11.6 Å². The fourth-order valence-electron chi connectivity index (χ4n) is 2.94. The molecule has 0 aliphatic carbocycles. The molecule has 0 radical (unpaired) electrons. The van der Waals surface area contributed by atoms with Crippen LogP contribution in [0.1, 0.15) is 5.69 Å². The SMILES string of the molecule is Cc1cc2c(-c3ccc(NS(=O)(=O)c4cccc(Cl)c4F)c(F)c3)ncnc2[nH]1. The van der Waals surface area contributed by atoms with Crippen LogP contribution in [0.5, 0.6) is 0 Å². The van der Waals surface area contributed by atoms with Crippen molar-refractivity contribution in [1.29, 1.82) is 0 Å². The number of fused-ring (bicyclic) bond motifs is 1. The predicted molar refractivity (Wildman–Crippen MR) is 106 cm³/mol. The molecule has 0 aliphatic heterocycles. The maximum absolute atomic E-state index is 14.7. The molecule has 0 spiro atoms. The smallest absolute Gasteiger partial charge is 0.264 e. The van der Waals surface area contributed by atoms with Crippen molar-refractivity contribution in [3.63, 3.8) is 0 Å². The highest BCUT2D eigenvalue weighted by atomic mass is 35.5. The molecule has 0 bridgehead atoms. The Labute approximate surface area is 169 Å². The molecule has 6 nitrogen and oxygen atoms in total. The third kappa shape index (κ3) is 3.54. The number of nitrogens with one attached hydrogen (secondary N) is 2. The molecular formula is C19H13ClF2N4O2S. The van der Waals surface area contributed by atoms with E-state index in [9.17, 15) is 17.2 Å². The van der Waals surface area contributed by atoms with Crippen molar-refractivity contribution in [3.8, 4) is 11.3 Å². The van der Waals surface area contributed by atoms with Crippen molar-refractivity contribution in [2.24, 2.45) is 0 Å². The topological polar surface area (TPSA) is 87.7 Å². The number of nitrogens with zero attached hydrogens (tertiary/aromatic N) is 2. The Morgan fingerprint density at radius 2 is 1.90 bits per heavy atom. The van der Waals surface area contributed by atoms with Gasteiger partial charge < -0.3 is 4.98 Å². The molecule has 0 saturated heterocycles. The number of halogens is 3. The number of anilines is 1. The van der Waals surface area contributed by atoms with E-state index in [2.05, 4.69) is 19.7 Å². The van der Waals surface area contributed by atoms with Gasteiger partial charge in [0, 0.05) is 16.6 Å². The third-order valence-electron chi connectivity index (χ3n) is 4.25. The summed E-state index contributed by atoms with van der Waals surface area (Å²) in [5.41, 5.74) is 2.08. The van der Waals surface area contributed by atoms with Crippen molar-refractivity contribution in [2.45, 2.75) is 11.8 Å². The maximum Gasteiger partial charge on any atom is 0.264 e. The normalized spacial score (nSPS) is 11.7. The lowest BCUT2D eigenvalue weighted by Crippen LogP contribution is -2.15. The highest BCUT2D eigenvalue weighted by molar-refractivity contribution is 7.92. The van der Waals surface area contributed by atoms with Crippen LogP contribution in [0.4, 0.5) is 14.5 Å². The maximum atomic E-state index is 14.7. The first-order valence-corrected chi connectivity index (χ1v) is 10.2. The van der Waals surface area contributed by atoms with Crippen molar-refractivity contribution < 1.29 is 17.2 Å². The molecule has 2 aromatic heterocycles. The van der Waals surface area contributed by atoms with Gasteiger partial charge in [0.15, 0.2) is 5.82 Å². The van der Waals surface area contributed by atoms with E-state index in [1.165, 1.54) is 30.6 Å². The highest BCUT2D eigenvalue weighted by Gasteiger charge is 2.22. The summed E-state index contributed by atoms with van der Waals surface area (Å²) in [6.07, 6.45) is 1.35. The fourth-order valence-corrected chi connectivity index (χ4v) is 4.34. The minimum Gasteiger partial charge on any atom is -0.343 e. The molecule has 4 aromatic rings. The van der Waals surface area contributed by atoms with Crippen LogP contribution < -0.4 is 4.72 Å². The van der Waals surface area contributed by atoms with E-state index in [1.54, 1.807) is 0 Å². The van der Waals surface area contributed by atoms with Crippen LogP contribution in [0.15, 0.2) is 53.7 Å². The second kappa shape index (κ2) is 7.09. The summed E-state index contributed by atoms with van der Waals surface area (Å²) in [5.74, 6) is -1.95. The number of hydrogen-bond donors (Lipinski definition) is 2. The Hall–Kier alpha value is -3.04. The zero-order valence-electron chi connectivity index (χ0n) is 14.9. The second-order valence-corrected chi connectivity index (χ2v) is 8.35. The molecule has 148 valence electrons. The van der Waals surface area contributed by atoms with Gasteiger partial charge in [-0.15, -0.1) is 0 Å². The molecule has 0 unspecified atom stereocenters. The molecule has 0 fully saturated rings. The summed E-state index contributed by atoms with van der Waals surface area (Å²) >= 11 is 5.64. The number of aromatic amines is 1. The van der Waals surface area contributed by atoms with Gasteiger partial charge in [-0.3, -0.25) is 4.72 Å². The van der Waals surface area contributed by atoms with Crippen LogP contribution >= 0.6 is 11.6 Å². The number of hydrogen-bond acceptors (Lipinski definition) is 4. The zero-order valence-corrected chi connectivity index (χ0v) is 16.4. The average Bonchev–Trinajstić information content (AvgIpc) is 3.05. The van der Waals surface area contributed by atoms with E-state index >= 15 is 0 Å². The van der Waals surface area contributed by atoms with Crippen LogP contribution in [0.3, 0.4) is 0 Å². The molecule has 2 aromatic carbocycles. The van der Waals surface area contributed by atoms with Crippen LogP contribution in [0.2, 0.25) is 5.02 Å². The van der Waals surface area contributed by atoms with Crippen LogP contribution in [0.25, 0.3) is 22.3 Å². The largest absolute Gasteiger partial charge is 0.343 e. The lowest BCUT2D eigenvalue weighted by Gasteiger charge is -2.11. The van der Waals surface area contributed by atoms with Gasteiger partial charge in [-0.2, -0.15) is 0 Å². The minimum absolute atomic E-state index is 0.330. The number of H-pyrrole nitrogens is 1. The Kier molecular flexibility index (Phi) is 4.71. The Bertz CT molecular complexity index is 1360. The van der Waals surface area contributed by atoms with Crippen molar-refractivity contribution in [2.75, 3.05) is 4.72 Å². The molecule has 10 heteroatoms. The number of benzene rings is 2. The molecule has 0 saturated carbocycles. The number of aromatic nitrogens is 3. The van der Waals surface area contributed by atoms with Gasteiger partial charge >= 0.3 is 0 Å². The van der Waals surface area contributed by atoms with E-state index < -0.39 is 26.6 Å². The average molecular weight is 435 g/mol. The van der Waals surface area contributed by atoms with Gasteiger partial charge in [0.2, 0.25) is 0 Å². The quantitative estimate of drug-likeness (QED) is 0.488. The molecule has 2 heterocycles. The standard InChI is InChI=1S/C19H13ClF2N4O2S/c1-10-7-12-18(23-9-24-19(12)25-10)11-5-6-15(14(21)8-11)26-29(27,28)16-4-2-3-13(20)17(16)22/h2-9,26H,1H3,(H,23,24,25). The minimum atomic E-state index is -4.38. The summed E-state index contributed by atoms with van der Waals surface area (Å²) in [6.45, 7) is 1.86. The third-order valence-corrected chi connectivity index (χ3v) is 5.93. The van der Waals surface area contributed by atoms with Gasteiger partial charge in [-0.05, 0) is 37.3 Å². The monoisotopic (exact) mass is 434 g/mol. The lowest BCUT2D eigenvalue weighted by atomic mass is 10.1. The lowest BCUT2D eigenvalue weighted by molar-refractivity contribution is 0.569. The summed E-state index contributed by atoms with van der Waals surface area (Å²) in [6, 6.07) is 9.30. The Morgan fingerprint density at radius 3 is 2.66 bits per heavy atom. The van der Waals surface area contributed by atoms with Crippen LogP contribution in [-0.4, -0.2) is 23.4 Å². The van der Waals surface area contributed by atoms with Gasteiger partial charge in [-0.25, -0.2) is 27.2 Å². The van der Waals surface area contributed by atoms with E-state index in [-0.39, 0.29) is 10.7 Å². The second-order valence-electron chi connectivity index (χ2n) is 6.29. The van der Waals surface area contributed by atoms with E-state index in [1.807, 2.05) is 13.0 Å². The van der Waals surface area contributed by atoms with Gasteiger partial charge in [0.25, 0.3) is 10.0 Å². The van der Waals surface area contributed by atoms with Crippen molar-refractivity contribution >= 4 is 38.3 Å². The zero-order chi connectivity index (χ0) is 20.8. The summed E-state index contributed by atoms with van der Waals surface area (Å²) < 4.78 is 55.7. The van der Waals surface area contributed by atoms with E-state index in [0.717, 1.165) is 17.8 Å². The summed E-state index contributed by atoms with van der Waals surface area (Å²) in [5, 5.41) is 0.358. The van der Waals surface area contributed by atoms with Gasteiger partial charge in [-0.1, -0.05) is 23.7 Å². The first-order valence-electron chi connectivity index (χ1n) is 8.33. The first-order chi connectivity index (χ1) is 13.8. The van der Waals surface area contributed by atoms with Crippen molar-refractivity contribution in [1.82, 2.24) is 15.0 Å². The van der Waals surface area contributed by atoms with Crippen LogP contribution in [-0.2, 0) is 10.0 Å². The molecule has 4 rings (SSSR count). The molecule has 2 N–H and O–H groups in total. The molecule has 29 heavy (non-hydrogen) atoms. The number of rotatable bonds is 4. The van der Waals surface area contributed by atoms with Gasteiger partial charge in [0.1, 0.15) is 22.7 Å². The number of aryl methyl sites for hydroxylation is 1. The molecule has 0 aliphatic rings. The highest BCUT2D eigenvalue weighted by Crippen LogP contribution is 2.30. The predicted octanol–water partition coefficient (Wildman–Crippen LogP) is 4.67. The van der Waals surface area contributed by atoms with E-state index in [0.29, 0.717) is 22.3 Å². The summed E-state index contributed by atoms with van der Waals surface area (Å²) in [7, 11) is -4.38. The van der Waals surface area contributed by atoms with Crippen LogP contribution in [0, 0.1) is 18.6 Å². The molecular weight excluding hydrogens is 422 g/mol. The van der Waals surface area contributed by atoms with Crippen molar-refractivity contribution in [3.05, 3.63) is 71.1 Å². The molecule has 0 atom stereocenters. The first kappa shape index (κ1) is 19.3. The summed E-state index contributed by atoms with van der Waals surface area (Å²) in [4.78, 5) is 10.7. The molecule has 0 amide bonds. The van der Waals surface area contributed by atoms with Gasteiger partial charge in [0.05, 0.1) is 16.4 Å². The Balaban J connectivity index is 1.72.